The van der Waals surface area contributed by atoms with Gasteiger partial charge in [0.2, 0.25) is 5.88 Å². The second kappa shape index (κ2) is 18.5. The number of rotatable bonds is 13. The molecule has 2 aromatic heterocycles. The smallest absolute Gasteiger partial charge is 0.293 e. The minimum Gasteiger partial charge on any atom is -0.476 e. The number of carbonyl (C=O) groups is 1. The molecule has 70 heavy (non-hydrogen) atoms. The zero-order valence-corrected chi connectivity index (χ0v) is 41.6. The van der Waals surface area contributed by atoms with Crippen LogP contribution in [0, 0.1) is 43.1 Å². The molecule has 6 aliphatic rings. The first kappa shape index (κ1) is 47.9. The highest BCUT2D eigenvalue weighted by Gasteiger charge is 2.62. The Morgan fingerprint density at radius 3 is 2.54 bits per heavy atom. The largest absolute Gasteiger partial charge is 0.476 e. The average Bonchev–Trinajstić information content (AvgIpc) is 4.06. The molecule has 1 unspecified atom stereocenters. The van der Waals surface area contributed by atoms with E-state index in [0.29, 0.717) is 62.3 Å². The van der Waals surface area contributed by atoms with Crippen molar-refractivity contribution in [2.45, 2.75) is 96.5 Å². The van der Waals surface area contributed by atoms with Crippen LogP contribution >= 0.6 is 0 Å². The molecule has 10 rings (SSSR count). The lowest BCUT2D eigenvalue weighted by Crippen LogP contribution is -2.47. The number of nitrogens with zero attached hydrogens (tertiary/aromatic N) is 6. The number of aromatic amines is 1. The monoisotopic (exact) mass is 975 g/mol. The minimum absolute atomic E-state index is 0.0954. The van der Waals surface area contributed by atoms with Gasteiger partial charge in [-0.05, 0) is 130 Å². The summed E-state index contributed by atoms with van der Waals surface area (Å²) in [6.45, 7) is 15.6. The lowest BCUT2D eigenvalue weighted by Gasteiger charge is -2.43. The van der Waals surface area contributed by atoms with Crippen LogP contribution in [0.2, 0.25) is 0 Å². The Bertz CT molecular complexity index is 2870. The number of piperazine rings is 1. The molecule has 2 bridgehead atoms. The summed E-state index contributed by atoms with van der Waals surface area (Å²) in [6, 6.07) is 15.6. The Balaban J connectivity index is 0.912. The van der Waals surface area contributed by atoms with Crippen molar-refractivity contribution in [2.75, 3.05) is 87.4 Å². The standard InChI is InChI=1S/C52H65N9O8S/c1-49(2)12-10-36(41(29-49)51-13-15-52(33-51,16-14-51)50(3,4)34-53)31-58-19-21-59(22-20-58)37-6-8-40(43(27-37)60-18-5-23-69-48-45(60)26-35-11-17-54-46(35)56-48)47(62)57-70(65,66)39-7-9-42(44(28-39)61(63)64)55-30-38-32-67-24-25-68-38/h6-9,11,17,26-28,38,55H,5,10,12-16,18-25,29-33H2,1-4H3,(H,54,56)(H,57,62). The van der Waals surface area contributed by atoms with Gasteiger partial charge in [0.15, 0.2) is 0 Å². The number of pyridine rings is 1. The van der Waals surface area contributed by atoms with Crippen molar-refractivity contribution < 1.29 is 32.3 Å². The van der Waals surface area contributed by atoms with Crippen molar-refractivity contribution in [3.63, 3.8) is 0 Å². The Kier molecular flexibility index (Phi) is 12.6. The second-order valence-corrected chi connectivity index (χ2v) is 23.4. The highest BCUT2D eigenvalue weighted by Crippen LogP contribution is 2.71. The van der Waals surface area contributed by atoms with E-state index in [1.165, 1.54) is 31.4 Å². The Morgan fingerprint density at radius 2 is 1.80 bits per heavy atom. The Labute approximate surface area is 410 Å². The third-order valence-corrected chi connectivity index (χ3v) is 17.9. The summed E-state index contributed by atoms with van der Waals surface area (Å²) >= 11 is 0. The van der Waals surface area contributed by atoms with Crippen LogP contribution in [0.4, 0.5) is 28.4 Å². The number of nitro groups is 1. The number of nitro benzene ring substituents is 1. The van der Waals surface area contributed by atoms with Gasteiger partial charge in [0.25, 0.3) is 21.6 Å². The maximum atomic E-state index is 14.5. The molecule has 2 saturated carbocycles. The van der Waals surface area contributed by atoms with Gasteiger partial charge in [0.05, 0.1) is 65.1 Å². The lowest BCUT2D eigenvalue weighted by molar-refractivity contribution is -0.384. The Hall–Kier alpha value is -5.74. The number of anilines is 4. The average molecular weight is 976 g/mol. The SMILES string of the molecule is CC1(C)CCC(CN2CCN(c3ccc(C(=O)NS(=O)(=O)c4ccc(NCC5COCCO5)c([N+](=O)[O-])c4)c(N4CCCOc5nc6[nH]ccc6cc54)c3)CC2)=C(C23CCC(C(C)(C)C#N)(CC2)C3)C1. The highest BCUT2D eigenvalue weighted by molar-refractivity contribution is 7.90. The molecule has 2 saturated heterocycles. The normalized spacial score (nSPS) is 25.0. The van der Waals surface area contributed by atoms with Gasteiger partial charge in [-0.15, -0.1) is 0 Å². The van der Waals surface area contributed by atoms with Crippen LogP contribution in [0.5, 0.6) is 5.88 Å². The van der Waals surface area contributed by atoms with Gasteiger partial charge in [-0.3, -0.25) is 19.8 Å². The van der Waals surface area contributed by atoms with Crippen LogP contribution in [0.3, 0.4) is 0 Å². The second-order valence-electron chi connectivity index (χ2n) is 21.8. The number of allylic oxidation sites excluding steroid dienone is 1. The van der Waals surface area contributed by atoms with Crippen molar-refractivity contribution in [3.8, 4) is 11.9 Å². The van der Waals surface area contributed by atoms with Gasteiger partial charge in [-0.1, -0.05) is 25.0 Å². The number of aromatic nitrogens is 2. The van der Waals surface area contributed by atoms with Crippen LogP contribution in [0.15, 0.2) is 70.8 Å². The molecule has 372 valence electrons. The first-order valence-electron chi connectivity index (χ1n) is 24.9. The highest BCUT2D eigenvalue weighted by atomic mass is 32.2. The van der Waals surface area contributed by atoms with Gasteiger partial charge in [0, 0.05) is 69.2 Å². The van der Waals surface area contributed by atoms with Gasteiger partial charge in [-0.25, -0.2) is 13.1 Å². The lowest BCUT2D eigenvalue weighted by atomic mass is 9.64. The number of nitriles is 1. The van der Waals surface area contributed by atoms with Crippen LogP contribution < -0.4 is 24.6 Å². The Morgan fingerprint density at radius 1 is 1.00 bits per heavy atom. The van der Waals surface area contributed by atoms with E-state index in [4.69, 9.17) is 19.2 Å². The van der Waals surface area contributed by atoms with Crippen molar-refractivity contribution in [2.24, 2.45) is 21.7 Å². The molecule has 1 amide bonds. The summed E-state index contributed by atoms with van der Waals surface area (Å²) < 4.78 is 47.4. The van der Waals surface area contributed by atoms with Gasteiger partial charge in [-0.2, -0.15) is 10.2 Å². The molecular weight excluding hydrogens is 911 g/mol. The van der Waals surface area contributed by atoms with Crippen LogP contribution in [-0.4, -0.2) is 112 Å². The number of benzene rings is 2. The summed E-state index contributed by atoms with van der Waals surface area (Å²) in [6.07, 6.45) is 11.3. The predicted molar refractivity (Wildman–Crippen MR) is 267 cm³/mol. The zero-order valence-electron chi connectivity index (χ0n) is 40.8. The van der Waals surface area contributed by atoms with E-state index < -0.39 is 31.4 Å². The number of hydrogen-bond acceptors (Lipinski definition) is 14. The first-order valence-corrected chi connectivity index (χ1v) is 26.4. The van der Waals surface area contributed by atoms with Crippen molar-refractivity contribution in [3.05, 3.63) is 81.6 Å². The predicted octanol–water partition coefficient (Wildman–Crippen LogP) is 8.47. The number of hydrogen-bond donors (Lipinski definition) is 3. The quantitative estimate of drug-likeness (QED) is 0.0653. The number of amides is 1. The fourth-order valence-corrected chi connectivity index (χ4v) is 13.3. The number of sulfonamides is 1. The molecule has 4 fully saturated rings. The summed E-state index contributed by atoms with van der Waals surface area (Å²) in [5, 5.41) is 26.3. The van der Waals surface area contributed by atoms with Crippen molar-refractivity contribution >= 4 is 55.4 Å². The molecule has 3 aliphatic carbocycles. The number of ether oxygens (including phenoxy) is 3. The molecule has 3 N–H and O–H groups in total. The topological polar surface area (TPSA) is 208 Å². The maximum Gasteiger partial charge on any atom is 0.293 e. The van der Waals surface area contributed by atoms with E-state index in [1.54, 1.807) is 23.4 Å². The van der Waals surface area contributed by atoms with Crippen LogP contribution in [0.25, 0.3) is 11.0 Å². The van der Waals surface area contributed by atoms with Gasteiger partial charge in [0.1, 0.15) is 17.0 Å². The molecule has 3 aliphatic heterocycles. The van der Waals surface area contributed by atoms with E-state index in [9.17, 15) is 28.6 Å². The summed E-state index contributed by atoms with van der Waals surface area (Å²) in [5.41, 5.74) is 5.96. The molecule has 4 aromatic rings. The molecule has 2 aromatic carbocycles. The molecule has 0 radical (unpaired) electrons. The number of carbonyl (C=O) groups excluding carboxylic acids is 1. The zero-order chi connectivity index (χ0) is 49.1. The number of fused-ring (bicyclic) bond motifs is 4. The van der Waals surface area contributed by atoms with E-state index in [0.717, 1.165) is 82.0 Å². The fourth-order valence-electron chi connectivity index (χ4n) is 12.3. The summed E-state index contributed by atoms with van der Waals surface area (Å²) in [4.78, 5) is 40.4. The van der Waals surface area contributed by atoms with E-state index in [1.807, 2.05) is 29.2 Å². The molecule has 18 heteroatoms. The van der Waals surface area contributed by atoms with Crippen LogP contribution in [0.1, 0.15) is 95.8 Å². The van der Waals surface area contributed by atoms with Crippen LogP contribution in [-0.2, 0) is 19.5 Å². The maximum absolute atomic E-state index is 14.5. The molecule has 17 nitrogen and oxygen atoms in total. The summed E-state index contributed by atoms with van der Waals surface area (Å²) in [7, 11) is -4.60. The van der Waals surface area contributed by atoms with Crippen molar-refractivity contribution in [1.82, 2.24) is 19.6 Å². The number of nitrogens with one attached hydrogen (secondary N) is 3. The molecule has 1 atom stereocenters. The summed E-state index contributed by atoms with van der Waals surface area (Å²) in [5.74, 6) is -0.492. The van der Waals surface area contributed by atoms with E-state index >= 15 is 0 Å². The minimum atomic E-state index is -4.60. The first-order chi connectivity index (χ1) is 33.5. The van der Waals surface area contributed by atoms with Gasteiger partial charge < -0.3 is 34.3 Å². The molecular formula is C52H65N9O8S. The third-order valence-electron chi connectivity index (χ3n) is 16.6. The fraction of sp³-hybridized carbons (Fsp3) is 0.558. The molecule has 0 spiro atoms. The van der Waals surface area contributed by atoms with Gasteiger partial charge >= 0.3 is 0 Å². The number of H-pyrrole nitrogens is 1. The van der Waals surface area contributed by atoms with E-state index in [2.05, 4.69) is 58.6 Å². The molecule has 5 heterocycles. The van der Waals surface area contributed by atoms with Crippen molar-refractivity contribution in [1.29, 1.82) is 5.26 Å². The van der Waals surface area contributed by atoms with E-state index in [-0.39, 0.29) is 45.6 Å². The third kappa shape index (κ3) is 9.10.